The van der Waals surface area contributed by atoms with Gasteiger partial charge in [-0.1, -0.05) is 0 Å². The number of rotatable bonds is 5. The summed E-state index contributed by atoms with van der Waals surface area (Å²) in [6.07, 6.45) is 2.67. The van der Waals surface area contributed by atoms with Crippen molar-refractivity contribution in [2.45, 2.75) is 25.5 Å². The first-order valence-corrected chi connectivity index (χ1v) is 6.09. The Kier molecular flexibility index (Phi) is 4.28. The van der Waals surface area contributed by atoms with E-state index in [0.29, 0.717) is 6.10 Å². The van der Waals surface area contributed by atoms with Crippen LogP contribution in [0.4, 0.5) is 5.82 Å². The quantitative estimate of drug-likeness (QED) is 0.820. The van der Waals surface area contributed by atoms with Crippen molar-refractivity contribution in [3.8, 4) is 0 Å². The zero-order chi connectivity index (χ0) is 12.1. The molecule has 5 nitrogen and oxygen atoms in total. The van der Waals surface area contributed by atoms with Crippen molar-refractivity contribution in [2.24, 2.45) is 0 Å². The molecule has 1 saturated heterocycles. The second-order valence-electron chi connectivity index (χ2n) is 4.43. The molecule has 0 bridgehead atoms. The predicted octanol–water partition coefficient (Wildman–Crippen LogP) is 0.811. The molecular formula is C12H20N4O. The van der Waals surface area contributed by atoms with Crippen LogP contribution < -0.4 is 10.2 Å². The Bertz CT molecular complexity index is 335. The third-order valence-corrected chi connectivity index (χ3v) is 2.96. The maximum absolute atomic E-state index is 5.61. The van der Waals surface area contributed by atoms with Gasteiger partial charge in [0.2, 0.25) is 0 Å². The van der Waals surface area contributed by atoms with Crippen molar-refractivity contribution in [3.63, 3.8) is 0 Å². The molecule has 1 aromatic heterocycles. The first kappa shape index (κ1) is 12.3. The number of hydrogen-bond donors (Lipinski definition) is 1. The van der Waals surface area contributed by atoms with E-state index < -0.39 is 0 Å². The molecule has 5 heteroatoms. The highest BCUT2D eigenvalue weighted by Gasteiger charge is 2.18. The van der Waals surface area contributed by atoms with Crippen LogP contribution in [0.3, 0.4) is 0 Å². The van der Waals surface area contributed by atoms with Crippen LogP contribution in [-0.2, 0) is 11.3 Å². The van der Waals surface area contributed by atoms with Gasteiger partial charge >= 0.3 is 0 Å². The largest absolute Gasteiger partial charge is 0.376 e. The van der Waals surface area contributed by atoms with Gasteiger partial charge in [0.15, 0.2) is 5.82 Å². The Labute approximate surface area is 102 Å². The number of anilines is 1. The van der Waals surface area contributed by atoms with Crippen LogP contribution in [-0.4, -0.2) is 43.5 Å². The molecule has 0 aliphatic carbocycles. The highest BCUT2D eigenvalue weighted by molar-refractivity contribution is 5.36. The highest BCUT2D eigenvalue weighted by Crippen LogP contribution is 2.15. The minimum Gasteiger partial charge on any atom is -0.376 e. The second-order valence-corrected chi connectivity index (χ2v) is 4.43. The lowest BCUT2D eigenvalue weighted by molar-refractivity contribution is 0.116. The molecule has 1 atom stereocenters. The van der Waals surface area contributed by atoms with Crippen LogP contribution >= 0.6 is 0 Å². The van der Waals surface area contributed by atoms with Crippen LogP contribution in [0.15, 0.2) is 12.1 Å². The fourth-order valence-electron chi connectivity index (χ4n) is 2.02. The monoisotopic (exact) mass is 236 g/mol. The topological polar surface area (TPSA) is 50.3 Å². The van der Waals surface area contributed by atoms with Gasteiger partial charge in [-0.3, -0.25) is 0 Å². The summed E-state index contributed by atoms with van der Waals surface area (Å²) in [4.78, 5) is 2.10. The van der Waals surface area contributed by atoms with Crippen molar-refractivity contribution in [1.29, 1.82) is 0 Å². The van der Waals surface area contributed by atoms with Gasteiger partial charge in [-0.25, -0.2) is 0 Å². The molecule has 2 rings (SSSR count). The van der Waals surface area contributed by atoms with E-state index in [9.17, 15) is 0 Å². The molecule has 1 fully saturated rings. The molecule has 0 spiro atoms. The fraction of sp³-hybridized carbons (Fsp3) is 0.667. The molecule has 1 N–H and O–H groups in total. The number of ether oxygens (including phenoxy) is 1. The molecule has 1 aliphatic heterocycles. The first-order valence-electron chi connectivity index (χ1n) is 6.09. The maximum Gasteiger partial charge on any atom is 0.151 e. The number of hydrogen-bond acceptors (Lipinski definition) is 5. The number of likely N-dealkylation sites (N-methyl/N-ethyl adjacent to an activating group) is 1. The Morgan fingerprint density at radius 1 is 1.47 bits per heavy atom. The smallest absolute Gasteiger partial charge is 0.151 e. The third-order valence-electron chi connectivity index (χ3n) is 2.96. The average molecular weight is 236 g/mol. The molecule has 94 valence electrons. The summed E-state index contributed by atoms with van der Waals surface area (Å²) in [6.45, 7) is 2.54. The van der Waals surface area contributed by atoms with Crippen molar-refractivity contribution in [2.75, 3.05) is 32.1 Å². The summed E-state index contributed by atoms with van der Waals surface area (Å²) < 4.78 is 5.61. The van der Waals surface area contributed by atoms with Gasteiger partial charge in [-0.15, -0.1) is 5.10 Å². The van der Waals surface area contributed by atoms with Gasteiger partial charge in [0.1, 0.15) is 0 Å². The van der Waals surface area contributed by atoms with Crippen LogP contribution in [0.2, 0.25) is 0 Å². The van der Waals surface area contributed by atoms with Crippen molar-refractivity contribution < 1.29 is 4.74 Å². The molecule has 0 amide bonds. The molecule has 1 unspecified atom stereocenters. The van der Waals surface area contributed by atoms with Gasteiger partial charge in [-0.2, -0.15) is 5.10 Å². The number of nitrogens with one attached hydrogen (secondary N) is 1. The second kappa shape index (κ2) is 5.93. The van der Waals surface area contributed by atoms with Crippen LogP contribution in [0.1, 0.15) is 18.5 Å². The van der Waals surface area contributed by atoms with Crippen molar-refractivity contribution in [1.82, 2.24) is 15.5 Å². The van der Waals surface area contributed by atoms with Gasteiger partial charge in [0.25, 0.3) is 0 Å². The fourth-order valence-corrected chi connectivity index (χ4v) is 2.02. The van der Waals surface area contributed by atoms with Crippen LogP contribution in [0, 0.1) is 0 Å². The van der Waals surface area contributed by atoms with E-state index in [-0.39, 0.29) is 0 Å². The molecule has 17 heavy (non-hydrogen) atoms. The summed E-state index contributed by atoms with van der Waals surface area (Å²) >= 11 is 0. The molecule has 0 radical (unpaired) electrons. The Morgan fingerprint density at radius 2 is 2.35 bits per heavy atom. The standard InChI is InChI=1S/C12H20N4O/c1-13-8-10-5-6-12(15-14-10)16(2)9-11-4-3-7-17-11/h5-6,11,13H,3-4,7-9H2,1-2H3. The van der Waals surface area contributed by atoms with Crippen molar-refractivity contribution >= 4 is 5.82 Å². The normalized spacial score (nSPS) is 19.5. The SMILES string of the molecule is CNCc1ccc(N(C)CC2CCCO2)nn1. The molecule has 1 aliphatic rings. The van der Waals surface area contributed by atoms with Crippen molar-refractivity contribution in [3.05, 3.63) is 17.8 Å². The van der Waals surface area contributed by atoms with E-state index in [2.05, 4.69) is 20.4 Å². The average Bonchev–Trinajstić information content (AvgIpc) is 2.83. The highest BCUT2D eigenvalue weighted by atomic mass is 16.5. The molecule has 0 aromatic carbocycles. The van der Waals surface area contributed by atoms with Crippen LogP contribution in [0.25, 0.3) is 0 Å². The van der Waals surface area contributed by atoms with E-state index in [1.165, 1.54) is 6.42 Å². The molecule has 2 heterocycles. The third kappa shape index (κ3) is 3.38. The van der Waals surface area contributed by atoms with Gasteiger partial charge in [-0.05, 0) is 32.0 Å². The van der Waals surface area contributed by atoms with E-state index >= 15 is 0 Å². The summed E-state index contributed by atoms with van der Waals surface area (Å²) in [6, 6.07) is 4.01. The summed E-state index contributed by atoms with van der Waals surface area (Å²) in [5, 5.41) is 11.4. The first-order chi connectivity index (χ1) is 8.29. The van der Waals surface area contributed by atoms with E-state index in [1.54, 1.807) is 0 Å². The lowest BCUT2D eigenvalue weighted by atomic mass is 10.2. The Morgan fingerprint density at radius 3 is 2.94 bits per heavy atom. The van der Waals surface area contributed by atoms with Gasteiger partial charge in [0, 0.05) is 26.7 Å². The minimum atomic E-state index is 0.346. The lowest BCUT2D eigenvalue weighted by Crippen LogP contribution is -2.29. The Hall–Kier alpha value is -1.20. The molecular weight excluding hydrogens is 216 g/mol. The van der Waals surface area contributed by atoms with E-state index in [0.717, 1.165) is 37.6 Å². The zero-order valence-electron chi connectivity index (χ0n) is 10.5. The summed E-state index contributed by atoms with van der Waals surface area (Å²) in [5.41, 5.74) is 0.960. The number of aromatic nitrogens is 2. The summed E-state index contributed by atoms with van der Waals surface area (Å²) in [5.74, 6) is 0.903. The number of nitrogens with zero attached hydrogens (tertiary/aromatic N) is 3. The maximum atomic E-state index is 5.61. The predicted molar refractivity (Wildman–Crippen MR) is 67.0 cm³/mol. The lowest BCUT2D eigenvalue weighted by Gasteiger charge is -2.21. The van der Waals surface area contributed by atoms with Gasteiger partial charge in [0.05, 0.1) is 11.8 Å². The molecule has 0 saturated carbocycles. The zero-order valence-corrected chi connectivity index (χ0v) is 10.5. The molecule has 1 aromatic rings. The van der Waals surface area contributed by atoms with E-state index in [1.807, 2.05) is 26.2 Å². The van der Waals surface area contributed by atoms with Gasteiger partial charge < -0.3 is 15.0 Å². The Balaban J connectivity index is 1.91. The van der Waals surface area contributed by atoms with Crippen LogP contribution in [0.5, 0.6) is 0 Å². The summed E-state index contributed by atoms with van der Waals surface area (Å²) in [7, 11) is 3.93. The van der Waals surface area contributed by atoms with E-state index in [4.69, 9.17) is 4.74 Å². The minimum absolute atomic E-state index is 0.346.